The van der Waals surface area contributed by atoms with Crippen molar-refractivity contribution in [1.29, 1.82) is 0 Å². The maximum Gasteiger partial charge on any atom is 0.134 e. The van der Waals surface area contributed by atoms with Crippen LogP contribution in [0.2, 0.25) is 0 Å². The van der Waals surface area contributed by atoms with Gasteiger partial charge in [-0.05, 0) is 26.3 Å². The molecule has 0 aromatic carbocycles. The number of hydrogen-bond acceptors (Lipinski definition) is 2. The third-order valence-electron chi connectivity index (χ3n) is 3.70. The number of rotatable bonds is 2. The van der Waals surface area contributed by atoms with Crippen molar-refractivity contribution in [2.45, 2.75) is 57.0 Å². The largest absolute Gasteiger partial charge is 0.300 e. The summed E-state index contributed by atoms with van der Waals surface area (Å²) < 4.78 is 0. The quantitative estimate of drug-likeness (QED) is 0.649. The van der Waals surface area contributed by atoms with E-state index in [1.54, 1.807) is 0 Å². The Hall–Kier alpha value is -0.370. The molecule has 0 N–H and O–H groups in total. The van der Waals surface area contributed by atoms with E-state index in [-0.39, 0.29) is 0 Å². The van der Waals surface area contributed by atoms with Crippen LogP contribution in [0.3, 0.4) is 0 Å². The summed E-state index contributed by atoms with van der Waals surface area (Å²) in [5.74, 6) is 0.467. The van der Waals surface area contributed by atoms with Gasteiger partial charge in [0.15, 0.2) is 0 Å². The lowest BCUT2D eigenvalue weighted by Crippen LogP contribution is -2.37. The Morgan fingerprint density at radius 2 is 1.85 bits per heavy atom. The zero-order valence-corrected chi connectivity index (χ0v) is 8.46. The van der Waals surface area contributed by atoms with Gasteiger partial charge in [0.25, 0.3) is 0 Å². The van der Waals surface area contributed by atoms with Gasteiger partial charge < -0.3 is 4.90 Å². The summed E-state index contributed by atoms with van der Waals surface area (Å²) >= 11 is 0. The van der Waals surface area contributed by atoms with Gasteiger partial charge in [0.2, 0.25) is 0 Å². The van der Waals surface area contributed by atoms with E-state index in [2.05, 4.69) is 11.9 Å². The molecule has 0 saturated heterocycles. The van der Waals surface area contributed by atoms with Gasteiger partial charge in [-0.3, -0.25) is 4.79 Å². The molecular weight excluding hydrogens is 162 g/mol. The molecule has 0 bridgehead atoms. The Labute approximate surface area is 80.3 Å². The van der Waals surface area contributed by atoms with Crippen LogP contribution >= 0.6 is 0 Å². The zero-order chi connectivity index (χ0) is 9.26. The summed E-state index contributed by atoms with van der Waals surface area (Å²) in [5.41, 5.74) is 0. The average Bonchev–Trinajstić information content (AvgIpc) is 2.72. The number of carbonyl (C=O) groups excluding carboxylic acids is 1. The molecule has 2 aliphatic rings. The molecule has 13 heavy (non-hydrogen) atoms. The van der Waals surface area contributed by atoms with Gasteiger partial charge in [-0.15, -0.1) is 0 Å². The fourth-order valence-corrected chi connectivity index (χ4v) is 2.75. The fourth-order valence-electron chi connectivity index (χ4n) is 2.75. The molecule has 2 nitrogen and oxygen atoms in total. The smallest absolute Gasteiger partial charge is 0.134 e. The van der Waals surface area contributed by atoms with Crippen LogP contribution in [-0.4, -0.2) is 29.8 Å². The van der Waals surface area contributed by atoms with E-state index in [4.69, 9.17) is 0 Å². The lowest BCUT2D eigenvalue weighted by Gasteiger charge is -2.29. The summed E-state index contributed by atoms with van der Waals surface area (Å²) in [6.07, 6.45) is 8.20. The summed E-state index contributed by atoms with van der Waals surface area (Å²) in [6, 6.07) is 1.34. The molecule has 2 fully saturated rings. The molecule has 2 rings (SSSR count). The third-order valence-corrected chi connectivity index (χ3v) is 3.70. The van der Waals surface area contributed by atoms with Gasteiger partial charge in [-0.2, -0.15) is 0 Å². The molecule has 74 valence electrons. The van der Waals surface area contributed by atoms with E-state index in [1.165, 1.54) is 25.7 Å². The first kappa shape index (κ1) is 9.20. The Kier molecular flexibility index (Phi) is 2.68. The molecular formula is C11H19NO. The van der Waals surface area contributed by atoms with Crippen molar-refractivity contribution in [3.8, 4) is 0 Å². The second kappa shape index (κ2) is 3.79. The van der Waals surface area contributed by atoms with Gasteiger partial charge in [0, 0.05) is 24.9 Å². The van der Waals surface area contributed by atoms with E-state index in [9.17, 15) is 4.79 Å². The van der Waals surface area contributed by atoms with Crippen molar-refractivity contribution in [2.24, 2.45) is 0 Å². The van der Waals surface area contributed by atoms with Gasteiger partial charge in [0.05, 0.1) is 0 Å². The second-order valence-corrected chi connectivity index (χ2v) is 4.54. The summed E-state index contributed by atoms with van der Waals surface area (Å²) in [6.45, 7) is 0. The topological polar surface area (TPSA) is 20.3 Å². The first-order chi connectivity index (χ1) is 6.27. The van der Waals surface area contributed by atoms with Crippen LogP contribution < -0.4 is 0 Å². The molecule has 1 atom stereocenters. The summed E-state index contributed by atoms with van der Waals surface area (Å²) in [7, 11) is 2.21. The van der Waals surface area contributed by atoms with Crippen LogP contribution in [0.5, 0.6) is 0 Å². The molecule has 0 heterocycles. The van der Waals surface area contributed by atoms with E-state index >= 15 is 0 Å². The highest BCUT2D eigenvalue weighted by molar-refractivity contribution is 5.81. The lowest BCUT2D eigenvalue weighted by molar-refractivity contribution is -0.117. The number of Topliss-reactive ketones (excluding diaryl/α,β-unsaturated/α-hetero) is 1. The number of carbonyl (C=O) groups is 1. The zero-order valence-electron chi connectivity index (χ0n) is 8.46. The van der Waals surface area contributed by atoms with E-state index in [1.807, 2.05) is 0 Å². The van der Waals surface area contributed by atoms with Crippen LogP contribution in [0.1, 0.15) is 44.9 Å². The van der Waals surface area contributed by atoms with E-state index in [0.717, 1.165) is 25.3 Å². The molecule has 0 aromatic heterocycles. The Morgan fingerprint density at radius 1 is 1.15 bits per heavy atom. The minimum absolute atomic E-state index is 0.467. The SMILES string of the molecule is CN(C1CCCC1)C1CCC(=O)C1. The highest BCUT2D eigenvalue weighted by Crippen LogP contribution is 2.28. The Morgan fingerprint density at radius 3 is 2.38 bits per heavy atom. The molecule has 1 unspecified atom stereocenters. The van der Waals surface area contributed by atoms with Gasteiger partial charge in [-0.1, -0.05) is 12.8 Å². The van der Waals surface area contributed by atoms with Crippen molar-refractivity contribution in [3.05, 3.63) is 0 Å². The van der Waals surface area contributed by atoms with Crippen LogP contribution in [0.4, 0.5) is 0 Å². The van der Waals surface area contributed by atoms with Crippen LogP contribution in [-0.2, 0) is 4.79 Å². The number of nitrogens with zero attached hydrogens (tertiary/aromatic N) is 1. The van der Waals surface area contributed by atoms with E-state index in [0.29, 0.717) is 11.8 Å². The molecule has 0 radical (unpaired) electrons. The van der Waals surface area contributed by atoms with Gasteiger partial charge >= 0.3 is 0 Å². The Bertz CT molecular complexity index is 196. The van der Waals surface area contributed by atoms with Crippen LogP contribution in [0.15, 0.2) is 0 Å². The predicted molar refractivity (Wildman–Crippen MR) is 52.7 cm³/mol. The minimum Gasteiger partial charge on any atom is -0.300 e. The molecule has 2 aliphatic carbocycles. The van der Waals surface area contributed by atoms with Gasteiger partial charge in [-0.25, -0.2) is 0 Å². The Balaban J connectivity index is 1.88. The van der Waals surface area contributed by atoms with Crippen molar-refractivity contribution < 1.29 is 4.79 Å². The monoisotopic (exact) mass is 181 g/mol. The highest BCUT2D eigenvalue weighted by Gasteiger charge is 2.30. The maximum absolute atomic E-state index is 11.1. The first-order valence-electron chi connectivity index (χ1n) is 5.51. The second-order valence-electron chi connectivity index (χ2n) is 4.54. The molecule has 0 aromatic rings. The van der Waals surface area contributed by atoms with Crippen molar-refractivity contribution >= 4 is 5.78 Å². The summed E-state index contributed by atoms with van der Waals surface area (Å²) in [4.78, 5) is 13.6. The molecule has 2 heteroatoms. The van der Waals surface area contributed by atoms with Gasteiger partial charge in [0.1, 0.15) is 5.78 Å². The molecule has 0 amide bonds. The highest BCUT2D eigenvalue weighted by atomic mass is 16.1. The average molecular weight is 181 g/mol. The van der Waals surface area contributed by atoms with Crippen LogP contribution in [0, 0.1) is 0 Å². The number of ketones is 1. The molecule has 0 aliphatic heterocycles. The standard InChI is InChI=1S/C11H19NO/c1-12(9-4-2-3-5-9)10-6-7-11(13)8-10/h9-10H,2-8H2,1H3. The molecule has 0 spiro atoms. The fraction of sp³-hybridized carbons (Fsp3) is 0.909. The number of hydrogen-bond donors (Lipinski definition) is 0. The normalized spacial score (nSPS) is 30.6. The minimum atomic E-state index is 0.467. The first-order valence-corrected chi connectivity index (χ1v) is 5.51. The van der Waals surface area contributed by atoms with Crippen molar-refractivity contribution in [2.75, 3.05) is 7.05 Å². The molecule has 2 saturated carbocycles. The third kappa shape index (κ3) is 1.93. The summed E-state index contributed by atoms with van der Waals surface area (Å²) in [5, 5.41) is 0. The predicted octanol–water partition coefficient (Wildman–Crippen LogP) is 1.98. The van der Waals surface area contributed by atoms with Crippen molar-refractivity contribution in [3.63, 3.8) is 0 Å². The van der Waals surface area contributed by atoms with Crippen molar-refractivity contribution in [1.82, 2.24) is 4.90 Å². The van der Waals surface area contributed by atoms with E-state index < -0.39 is 0 Å². The maximum atomic E-state index is 11.1. The van der Waals surface area contributed by atoms with Crippen LogP contribution in [0.25, 0.3) is 0 Å². The lowest BCUT2D eigenvalue weighted by atomic mass is 10.1.